The zero-order valence-electron chi connectivity index (χ0n) is 10.4. The van der Waals surface area contributed by atoms with Gasteiger partial charge in [-0.15, -0.1) is 0 Å². The van der Waals surface area contributed by atoms with E-state index in [1.165, 1.54) is 5.56 Å². The van der Waals surface area contributed by atoms with Crippen molar-refractivity contribution in [2.45, 2.75) is 20.8 Å². The number of hydrogen-bond donors (Lipinski definition) is 2. The molecule has 1 amide bonds. The van der Waals surface area contributed by atoms with Crippen LogP contribution in [0.4, 0.5) is 5.69 Å². The van der Waals surface area contributed by atoms with Crippen molar-refractivity contribution < 1.29 is 4.79 Å². The van der Waals surface area contributed by atoms with Crippen molar-refractivity contribution in [3.8, 4) is 0 Å². The fourth-order valence-corrected chi connectivity index (χ4v) is 1.61. The molecular formula is C13H20N2O. The third kappa shape index (κ3) is 3.35. The van der Waals surface area contributed by atoms with E-state index in [4.69, 9.17) is 0 Å². The standard InChI is InChI=1S/C13H20N2O/c1-9-5-6-12(10(2)7-9)15-13(16)11(3)8-14-4/h5-7,11,14H,8H2,1-4H3,(H,15,16). The van der Waals surface area contributed by atoms with Gasteiger partial charge in [0.2, 0.25) is 5.91 Å². The fourth-order valence-electron chi connectivity index (χ4n) is 1.61. The van der Waals surface area contributed by atoms with Gasteiger partial charge in [0.1, 0.15) is 0 Å². The van der Waals surface area contributed by atoms with Gasteiger partial charge in [-0.05, 0) is 32.5 Å². The van der Waals surface area contributed by atoms with Gasteiger partial charge in [0.25, 0.3) is 0 Å². The molecule has 0 heterocycles. The molecule has 0 aromatic heterocycles. The molecule has 0 saturated heterocycles. The predicted octanol–water partition coefficient (Wildman–Crippen LogP) is 2.10. The van der Waals surface area contributed by atoms with E-state index in [1.807, 2.05) is 40.0 Å². The summed E-state index contributed by atoms with van der Waals surface area (Å²) in [4.78, 5) is 11.8. The van der Waals surface area contributed by atoms with E-state index in [2.05, 4.69) is 16.7 Å². The molecular weight excluding hydrogens is 200 g/mol. The zero-order chi connectivity index (χ0) is 12.1. The Balaban J connectivity index is 2.69. The highest BCUT2D eigenvalue weighted by molar-refractivity contribution is 5.93. The van der Waals surface area contributed by atoms with Gasteiger partial charge in [-0.25, -0.2) is 0 Å². The van der Waals surface area contributed by atoms with Crippen molar-refractivity contribution in [2.24, 2.45) is 5.92 Å². The van der Waals surface area contributed by atoms with Gasteiger partial charge < -0.3 is 10.6 Å². The monoisotopic (exact) mass is 220 g/mol. The zero-order valence-corrected chi connectivity index (χ0v) is 10.4. The lowest BCUT2D eigenvalue weighted by atomic mass is 10.1. The van der Waals surface area contributed by atoms with Crippen LogP contribution in [0, 0.1) is 19.8 Å². The summed E-state index contributed by atoms with van der Waals surface area (Å²) in [6, 6.07) is 6.03. The van der Waals surface area contributed by atoms with Gasteiger partial charge in [0.15, 0.2) is 0 Å². The van der Waals surface area contributed by atoms with Crippen LogP contribution in [0.15, 0.2) is 18.2 Å². The summed E-state index contributed by atoms with van der Waals surface area (Å²) in [5.41, 5.74) is 3.21. The molecule has 16 heavy (non-hydrogen) atoms. The maximum Gasteiger partial charge on any atom is 0.228 e. The average Bonchev–Trinajstić information content (AvgIpc) is 2.22. The molecule has 3 heteroatoms. The Morgan fingerprint density at radius 2 is 2.06 bits per heavy atom. The van der Waals surface area contributed by atoms with Gasteiger partial charge >= 0.3 is 0 Å². The average molecular weight is 220 g/mol. The number of hydrogen-bond acceptors (Lipinski definition) is 2. The molecule has 1 rings (SSSR count). The molecule has 1 unspecified atom stereocenters. The molecule has 1 aromatic carbocycles. The fraction of sp³-hybridized carbons (Fsp3) is 0.462. The molecule has 0 aliphatic heterocycles. The maximum absolute atomic E-state index is 11.8. The Labute approximate surface area is 97.2 Å². The summed E-state index contributed by atoms with van der Waals surface area (Å²) >= 11 is 0. The Morgan fingerprint density at radius 1 is 1.38 bits per heavy atom. The summed E-state index contributed by atoms with van der Waals surface area (Å²) in [6.07, 6.45) is 0. The topological polar surface area (TPSA) is 41.1 Å². The number of aryl methyl sites for hydroxylation is 2. The van der Waals surface area contributed by atoms with Crippen LogP contribution in [0.3, 0.4) is 0 Å². The molecule has 1 aromatic rings. The first-order valence-corrected chi connectivity index (χ1v) is 5.57. The second kappa shape index (κ2) is 5.66. The lowest BCUT2D eigenvalue weighted by Crippen LogP contribution is -2.28. The second-order valence-electron chi connectivity index (χ2n) is 4.27. The summed E-state index contributed by atoms with van der Waals surface area (Å²) in [6.45, 7) is 6.65. The van der Waals surface area contributed by atoms with E-state index in [1.54, 1.807) is 0 Å². The van der Waals surface area contributed by atoms with Crippen LogP contribution >= 0.6 is 0 Å². The van der Waals surface area contributed by atoms with Crippen molar-refractivity contribution >= 4 is 11.6 Å². The maximum atomic E-state index is 11.8. The lowest BCUT2D eigenvalue weighted by Gasteiger charge is -2.13. The van der Waals surface area contributed by atoms with Crippen LogP contribution in [-0.4, -0.2) is 19.5 Å². The molecule has 2 N–H and O–H groups in total. The number of nitrogens with one attached hydrogen (secondary N) is 2. The van der Waals surface area contributed by atoms with Gasteiger partial charge in [-0.1, -0.05) is 24.6 Å². The predicted molar refractivity (Wildman–Crippen MR) is 67.6 cm³/mol. The Hall–Kier alpha value is -1.35. The van der Waals surface area contributed by atoms with Gasteiger partial charge in [0.05, 0.1) is 0 Å². The third-order valence-electron chi connectivity index (χ3n) is 2.60. The van der Waals surface area contributed by atoms with Crippen LogP contribution in [0.2, 0.25) is 0 Å². The van der Waals surface area contributed by atoms with Gasteiger partial charge in [-0.3, -0.25) is 4.79 Å². The van der Waals surface area contributed by atoms with Crippen molar-refractivity contribution in [3.05, 3.63) is 29.3 Å². The summed E-state index contributed by atoms with van der Waals surface area (Å²) in [5, 5.41) is 5.94. The van der Waals surface area contributed by atoms with Gasteiger partial charge in [-0.2, -0.15) is 0 Å². The Morgan fingerprint density at radius 3 is 2.62 bits per heavy atom. The number of carbonyl (C=O) groups excluding carboxylic acids is 1. The normalized spacial score (nSPS) is 12.2. The molecule has 88 valence electrons. The molecule has 0 aliphatic rings. The van der Waals surface area contributed by atoms with Crippen LogP contribution in [-0.2, 0) is 4.79 Å². The van der Waals surface area contributed by atoms with Crippen molar-refractivity contribution in [3.63, 3.8) is 0 Å². The van der Waals surface area contributed by atoms with Crippen molar-refractivity contribution in [1.82, 2.24) is 5.32 Å². The smallest absolute Gasteiger partial charge is 0.228 e. The summed E-state index contributed by atoms with van der Waals surface area (Å²) < 4.78 is 0. The number of amides is 1. The summed E-state index contributed by atoms with van der Waals surface area (Å²) in [5.74, 6) is 0.0343. The van der Waals surface area contributed by atoms with E-state index in [0.717, 1.165) is 11.3 Å². The Bertz CT molecular complexity index is 374. The first-order valence-electron chi connectivity index (χ1n) is 5.57. The van der Waals surface area contributed by atoms with E-state index in [0.29, 0.717) is 6.54 Å². The highest BCUT2D eigenvalue weighted by Crippen LogP contribution is 2.16. The molecule has 0 bridgehead atoms. The van der Waals surface area contributed by atoms with Crippen LogP contribution in [0.1, 0.15) is 18.1 Å². The minimum Gasteiger partial charge on any atom is -0.326 e. The minimum atomic E-state index is -0.0225. The van der Waals surface area contributed by atoms with E-state index < -0.39 is 0 Å². The highest BCUT2D eigenvalue weighted by Gasteiger charge is 2.12. The van der Waals surface area contributed by atoms with E-state index in [9.17, 15) is 4.79 Å². The third-order valence-corrected chi connectivity index (χ3v) is 2.60. The van der Waals surface area contributed by atoms with Gasteiger partial charge in [0, 0.05) is 18.2 Å². The largest absolute Gasteiger partial charge is 0.326 e. The number of anilines is 1. The lowest BCUT2D eigenvalue weighted by molar-refractivity contribution is -0.119. The van der Waals surface area contributed by atoms with E-state index in [-0.39, 0.29) is 11.8 Å². The quantitative estimate of drug-likeness (QED) is 0.816. The molecule has 1 atom stereocenters. The minimum absolute atomic E-state index is 0.0225. The Kier molecular flexibility index (Phi) is 4.50. The van der Waals surface area contributed by atoms with Crippen molar-refractivity contribution in [1.29, 1.82) is 0 Å². The summed E-state index contributed by atoms with van der Waals surface area (Å²) in [7, 11) is 1.85. The molecule has 3 nitrogen and oxygen atoms in total. The number of carbonyl (C=O) groups is 1. The SMILES string of the molecule is CNCC(C)C(=O)Nc1ccc(C)cc1C. The molecule has 0 radical (unpaired) electrons. The molecule has 0 fully saturated rings. The first-order chi connectivity index (χ1) is 7.54. The van der Waals surface area contributed by atoms with Crippen LogP contribution < -0.4 is 10.6 Å². The molecule has 0 saturated carbocycles. The van der Waals surface area contributed by atoms with Crippen LogP contribution in [0.25, 0.3) is 0 Å². The highest BCUT2D eigenvalue weighted by atomic mass is 16.1. The van der Waals surface area contributed by atoms with Crippen molar-refractivity contribution in [2.75, 3.05) is 18.9 Å². The number of benzene rings is 1. The molecule has 0 spiro atoms. The van der Waals surface area contributed by atoms with E-state index >= 15 is 0 Å². The first kappa shape index (κ1) is 12.7. The second-order valence-corrected chi connectivity index (χ2v) is 4.27. The van der Waals surface area contributed by atoms with Crippen LogP contribution in [0.5, 0.6) is 0 Å². The number of rotatable bonds is 4. The molecule has 0 aliphatic carbocycles.